The number of amidine groups is 1. The summed E-state index contributed by atoms with van der Waals surface area (Å²) in [6.45, 7) is 4.00. The Morgan fingerprint density at radius 1 is 1.38 bits per heavy atom. The molecule has 21 heavy (non-hydrogen) atoms. The van der Waals surface area contributed by atoms with E-state index in [1.54, 1.807) is 13.8 Å². The number of rotatable bonds is 7. The molecule has 0 fully saturated rings. The van der Waals surface area contributed by atoms with Gasteiger partial charge in [-0.3, -0.25) is 0 Å². The van der Waals surface area contributed by atoms with Crippen LogP contribution in [0.5, 0.6) is 0 Å². The molecule has 0 aliphatic heterocycles. The Labute approximate surface area is 126 Å². The molecular weight excluding hydrogens is 290 g/mol. The monoisotopic (exact) mass is 313 g/mol. The number of nitrogens with one attached hydrogen (secondary N) is 1. The third kappa shape index (κ3) is 4.71. The van der Waals surface area contributed by atoms with Crippen LogP contribution < -0.4 is 11.1 Å². The van der Waals surface area contributed by atoms with E-state index in [1.807, 2.05) is 30.3 Å². The number of benzene rings is 1. The molecule has 7 heteroatoms. The van der Waals surface area contributed by atoms with Crippen molar-refractivity contribution in [2.45, 2.75) is 24.5 Å². The van der Waals surface area contributed by atoms with Crippen LogP contribution in [0, 0.1) is 0 Å². The fraction of sp³-hybridized carbons (Fsp3) is 0.500. The number of hydrogen-bond acceptors (Lipinski definition) is 5. The molecule has 1 rings (SSSR count). The molecule has 6 nitrogen and oxygen atoms in total. The molecule has 1 unspecified atom stereocenters. The molecule has 4 N–H and O–H groups in total. The largest absolute Gasteiger partial charge is 0.409 e. The quantitative estimate of drug-likeness (QED) is 0.301. The highest BCUT2D eigenvalue weighted by atomic mass is 32.2. The van der Waals surface area contributed by atoms with Crippen molar-refractivity contribution in [3.63, 3.8) is 0 Å². The molecule has 0 aliphatic carbocycles. The van der Waals surface area contributed by atoms with E-state index in [0.717, 1.165) is 5.56 Å². The van der Waals surface area contributed by atoms with Crippen LogP contribution >= 0.6 is 0 Å². The van der Waals surface area contributed by atoms with Crippen molar-refractivity contribution < 1.29 is 13.6 Å². The standard InChI is InChI=1S/C14H23N3O3S/c1-14(2,21(3,19)20)10-16-9-12(13(15)17-18)11-7-5-4-6-8-11/h4-8,12,16,18H,9-10H2,1-3H3,(H2,15,17). The average molecular weight is 313 g/mol. The minimum Gasteiger partial charge on any atom is -0.409 e. The maximum atomic E-state index is 11.7. The highest BCUT2D eigenvalue weighted by Crippen LogP contribution is 2.17. The van der Waals surface area contributed by atoms with E-state index < -0.39 is 14.6 Å². The summed E-state index contributed by atoms with van der Waals surface area (Å²) in [4.78, 5) is 0. The van der Waals surface area contributed by atoms with E-state index in [2.05, 4.69) is 10.5 Å². The molecule has 118 valence electrons. The van der Waals surface area contributed by atoms with Crippen molar-refractivity contribution in [1.82, 2.24) is 5.32 Å². The summed E-state index contributed by atoms with van der Waals surface area (Å²) < 4.78 is 22.4. The first-order valence-electron chi connectivity index (χ1n) is 6.61. The predicted octanol–water partition coefficient (Wildman–Crippen LogP) is 0.929. The summed E-state index contributed by atoms with van der Waals surface area (Å²) in [5, 5.41) is 15.1. The molecule has 0 heterocycles. The van der Waals surface area contributed by atoms with Gasteiger partial charge in [-0.05, 0) is 19.4 Å². The lowest BCUT2D eigenvalue weighted by Crippen LogP contribution is -2.44. The average Bonchev–Trinajstić information content (AvgIpc) is 2.42. The van der Waals surface area contributed by atoms with Crippen LogP contribution in [0.25, 0.3) is 0 Å². The van der Waals surface area contributed by atoms with Crippen molar-refractivity contribution in [3.8, 4) is 0 Å². The van der Waals surface area contributed by atoms with Crippen LogP contribution in [0.1, 0.15) is 25.3 Å². The van der Waals surface area contributed by atoms with E-state index in [-0.39, 0.29) is 18.3 Å². The maximum Gasteiger partial charge on any atom is 0.153 e. The van der Waals surface area contributed by atoms with Gasteiger partial charge in [0.1, 0.15) is 5.84 Å². The number of nitrogens with two attached hydrogens (primary N) is 1. The van der Waals surface area contributed by atoms with Crippen molar-refractivity contribution in [2.75, 3.05) is 19.3 Å². The Bertz CT molecular complexity index is 583. The molecule has 0 aromatic heterocycles. The zero-order valence-corrected chi connectivity index (χ0v) is 13.4. The van der Waals surface area contributed by atoms with Gasteiger partial charge in [0.25, 0.3) is 0 Å². The Kier molecular flexibility index (Phi) is 5.74. The number of oxime groups is 1. The third-order valence-corrected chi connectivity index (χ3v) is 5.73. The van der Waals surface area contributed by atoms with Gasteiger partial charge in [-0.15, -0.1) is 0 Å². The molecule has 0 amide bonds. The lowest BCUT2D eigenvalue weighted by Gasteiger charge is -2.24. The molecule has 0 saturated carbocycles. The van der Waals surface area contributed by atoms with E-state index >= 15 is 0 Å². The summed E-state index contributed by atoms with van der Waals surface area (Å²) in [5.41, 5.74) is 6.63. The van der Waals surface area contributed by atoms with Gasteiger partial charge in [-0.1, -0.05) is 35.5 Å². The van der Waals surface area contributed by atoms with Crippen LogP contribution in [0.15, 0.2) is 35.5 Å². The summed E-state index contributed by atoms with van der Waals surface area (Å²) in [7, 11) is -3.16. The fourth-order valence-corrected chi connectivity index (χ4v) is 2.16. The molecule has 0 aliphatic rings. The molecule has 0 radical (unpaired) electrons. The van der Waals surface area contributed by atoms with Gasteiger partial charge in [0.2, 0.25) is 0 Å². The van der Waals surface area contributed by atoms with Crippen molar-refractivity contribution in [3.05, 3.63) is 35.9 Å². The van der Waals surface area contributed by atoms with Gasteiger partial charge in [0, 0.05) is 19.3 Å². The van der Waals surface area contributed by atoms with Crippen LogP contribution in [-0.4, -0.2) is 43.6 Å². The molecule has 1 aromatic rings. The number of hydrogen-bond donors (Lipinski definition) is 3. The lowest BCUT2D eigenvalue weighted by atomic mass is 9.98. The van der Waals surface area contributed by atoms with Gasteiger partial charge in [-0.25, -0.2) is 8.42 Å². The van der Waals surface area contributed by atoms with Gasteiger partial charge < -0.3 is 16.3 Å². The van der Waals surface area contributed by atoms with Crippen molar-refractivity contribution in [2.24, 2.45) is 10.9 Å². The molecule has 1 aromatic carbocycles. The van der Waals surface area contributed by atoms with E-state index in [4.69, 9.17) is 10.9 Å². The highest BCUT2D eigenvalue weighted by Gasteiger charge is 2.30. The van der Waals surface area contributed by atoms with Gasteiger partial charge in [0.15, 0.2) is 9.84 Å². The highest BCUT2D eigenvalue weighted by molar-refractivity contribution is 7.92. The van der Waals surface area contributed by atoms with Crippen LogP contribution in [0.3, 0.4) is 0 Å². The first-order valence-corrected chi connectivity index (χ1v) is 8.51. The zero-order valence-electron chi connectivity index (χ0n) is 12.6. The van der Waals surface area contributed by atoms with Crippen molar-refractivity contribution >= 4 is 15.7 Å². The second kappa shape index (κ2) is 6.91. The van der Waals surface area contributed by atoms with Crippen molar-refractivity contribution in [1.29, 1.82) is 0 Å². The van der Waals surface area contributed by atoms with Gasteiger partial charge in [0.05, 0.1) is 10.7 Å². The Morgan fingerprint density at radius 3 is 2.43 bits per heavy atom. The normalized spacial score (nSPS) is 14.9. The molecular formula is C14H23N3O3S. The number of nitrogens with zero attached hydrogens (tertiary/aromatic N) is 1. The molecule has 0 saturated heterocycles. The summed E-state index contributed by atoms with van der Waals surface area (Å²) in [6, 6.07) is 9.38. The van der Waals surface area contributed by atoms with E-state index in [1.165, 1.54) is 6.26 Å². The lowest BCUT2D eigenvalue weighted by molar-refractivity contribution is 0.315. The first kappa shape index (κ1) is 17.5. The SMILES string of the molecule is CC(C)(CNCC(C(N)=NO)c1ccccc1)S(C)(=O)=O. The van der Waals surface area contributed by atoms with E-state index in [9.17, 15) is 8.42 Å². The molecule has 0 spiro atoms. The van der Waals surface area contributed by atoms with Crippen LogP contribution in [0.2, 0.25) is 0 Å². The fourth-order valence-electron chi connectivity index (χ4n) is 1.80. The Hall–Kier alpha value is -1.60. The van der Waals surface area contributed by atoms with Crippen LogP contribution in [-0.2, 0) is 9.84 Å². The Morgan fingerprint density at radius 2 is 1.95 bits per heavy atom. The Balaban J connectivity index is 2.78. The van der Waals surface area contributed by atoms with E-state index in [0.29, 0.717) is 6.54 Å². The molecule has 1 atom stereocenters. The van der Waals surface area contributed by atoms with Gasteiger partial charge in [-0.2, -0.15) is 0 Å². The van der Waals surface area contributed by atoms with Gasteiger partial charge >= 0.3 is 0 Å². The second-order valence-electron chi connectivity index (χ2n) is 5.65. The topological polar surface area (TPSA) is 105 Å². The van der Waals surface area contributed by atoms with Crippen LogP contribution in [0.4, 0.5) is 0 Å². The first-order chi connectivity index (χ1) is 9.69. The maximum absolute atomic E-state index is 11.7. The molecule has 0 bridgehead atoms. The minimum absolute atomic E-state index is 0.0888. The summed E-state index contributed by atoms with van der Waals surface area (Å²) in [5.74, 6) is -0.225. The second-order valence-corrected chi connectivity index (χ2v) is 8.30. The predicted molar refractivity (Wildman–Crippen MR) is 84.4 cm³/mol. The third-order valence-electron chi connectivity index (χ3n) is 3.58. The smallest absolute Gasteiger partial charge is 0.153 e. The zero-order chi connectivity index (χ0) is 16.1. The number of sulfone groups is 1. The summed E-state index contributed by atoms with van der Waals surface area (Å²) >= 11 is 0. The minimum atomic E-state index is -3.16. The summed E-state index contributed by atoms with van der Waals surface area (Å²) in [6.07, 6.45) is 1.22.